The first kappa shape index (κ1) is 6.58. The lowest BCUT2D eigenvalue weighted by Crippen LogP contribution is -2.62. The summed E-state index contributed by atoms with van der Waals surface area (Å²) in [6.07, 6.45) is 1.20. The molecular weight excluding hydrogens is 130 g/mol. The molecule has 10 heavy (non-hydrogen) atoms. The number of hydrogen-bond acceptors (Lipinski definition) is 3. The standard InChI is InChI=1S/C7H13NO2/c1-2-8-7(1)5-9-3-4-10-6-7/h8H,1-6H2. The lowest BCUT2D eigenvalue weighted by atomic mass is 9.90. The summed E-state index contributed by atoms with van der Waals surface area (Å²) in [6, 6.07) is 0. The van der Waals surface area contributed by atoms with Gasteiger partial charge in [-0.3, -0.25) is 0 Å². The van der Waals surface area contributed by atoms with E-state index in [0.29, 0.717) is 0 Å². The summed E-state index contributed by atoms with van der Waals surface area (Å²) in [6.45, 7) is 4.28. The zero-order valence-corrected chi connectivity index (χ0v) is 6.06. The van der Waals surface area contributed by atoms with E-state index in [1.54, 1.807) is 0 Å². The number of ether oxygens (including phenoxy) is 2. The van der Waals surface area contributed by atoms with E-state index in [9.17, 15) is 0 Å². The molecule has 1 N–H and O–H groups in total. The Labute approximate surface area is 60.7 Å². The van der Waals surface area contributed by atoms with Gasteiger partial charge < -0.3 is 14.8 Å². The third-order valence-corrected chi connectivity index (χ3v) is 2.23. The van der Waals surface area contributed by atoms with Crippen molar-refractivity contribution < 1.29 is 9.47 Å². The van der Waals surface area contributed by atoms with Crippen LogP contribution in [0.4, 0.5) is 0 Å². The van der Waals surface area contributed by atoms with Gasteiger partial charge in [0.15, 0.2) is 0 Å². The highest BCUT2D eigenvalue weighted by Crippen LogP contribution is 2.20. The van der Waals surface area contributed by atoms with Crippen molar-refractivity contribution in [1.29, 1.82) is 0 Å². The molecular formula is C7H13NO2. The summed E-state index contributed by atoms with van der Waals surface area (Å²) in [4.78, 5) is 0. The summed E-state index contributed by atoms with van der Waals surface area (Å²) in [5.41, 5.74) is 0.191. The SMILES string of the molecule is C1CC2(COCCOC2)N1. The van der Waals surface area contributed by atoms with Gasteiger partial charge in [-0.25, -0.2) is 0 Å². The minimum atomic E-state index is 0.191. The average Bonchev–Trinajstić information content (AvgIpc) is 2.08. The monoisotopic (exact) mass is 143 g/mol. The van der Waals surface area contributed by atoms with Gasteiger partial charge in [-0.2, -0.15) is 0 Å². The molecule has 0 aromatic rings. The maximum atomic E-state index is 5.36. The molecule has 0 aliphatic carbocycles. The van der Waals surface area contributed by atoms with Crippen LogP contribution in [0.2, 0.25) is 0 Å². The topological polar surface area (TPSA) is 30.5 Å². The van der Waals surface area contributed by atoms with E-state index in [-0.39, 0.29) is 5.54 Å². The zero-order chi connectivity index (χ0) is 6.86. The van der Waals surface area contributed by atoms with E-state index >= 15 is 0 Å². The Kier molecular flexibility index (Phi) is 1.64. The highest BCUT2D eigenvalue weighted by molar-refractivity contribution is 4.97. The fraction of sp³-hybridized carbons (Fsp3) is 1.00. The molecule has 58 valence electrons. The van der Waals surface area contributed by atoms with Gasteiger partial charge in [-0.05, 0) is 13.0 Å². The quantitative estimate of drug-likeness (QED) is 0.508. The smallest absolute Gasteiger partial charge is 0.0701 e. The Morgan fingerprint density at radius 3 is 2.10 bits per heavy atom. The minimum absolute atomic E-state index is 0.191. The second kappa shape index (κ2) is 2.49. The molecule has 2 saturated heterocycles. The van der Waals surface area contributed by atoms with E-state index in [0.717, 1.165) is 33.0 Å². The molecule has 2 aliphatic rings. The van der Waals surface area contributed by atoms with Crippen LogP contribution in [0.1, 0.15) is 6.42 Å². The molecule has 0 aromatic carbocycles. The number of nitrogens with one attached hydrogen (secondary N) is 1. The molecule has 3 heteroatoms. The first-order chi connectivity index (χ1) is 4.91. The van der Waals surface area contributed by atoms with Crippen molar-refractivity contribution in [3.05, 3.63) is 0 Å². The first-order valence-corrected chi connectivity index (χ1v) is 3.82. The lowest BCUT2D eigenvalue weighted by molar-refractivity contribution is 0.0401. The van der Waals surface area contributed by atoms with Crippen LogP contribution >= 0.6 is 0 Å². The summed E-state index contributed by atoms with van der Waals surface area (Å²) < 4.78 is 10.7. The van der Waals surface area contributed by atoms with Crippen molar-refractivity contribution in [3.8, 4) is 0 Å². The lowest BCUT2D eigenvalue weighted by Gasteiger charge is -2.41. The predicted octanol–water partition coefficient (Wildman–Crippen LogP) is -0.235. The second-order valence-electron chi connectivity index (χ2n) is 3.06. The largest absolute Gasteiger partial charge is 0.377 e. The molecule has 1 spiro atoms. The highest BCUT2D eigenvalue weighted by atomic mass is 16.5. The molecule has 3 nitrogen and oxygen atoms in total. The maximum Gasteiger partial charge on any atom is 0.0701 e. The Bertz CT molecular complexity index is 113. The molecule has 0 radical (unpaired) electrons. The fourth-order valence-electron chi connectivity index (χ4n) is 1.42. The van der Waals surface area contributed by atoms with Crippen LogP contribution < -0.4 is 5.32 Å². The van der Waals surface area contributed by atoms with E-state index in [2.05, 4.69) is 5.32 Å². The van der Waals surface area contributed by atoms with E-state index in [4.69, 9.17) is 9.47 Å². The molecule has 0 atom stereocenters. The van der Waals surface area contributed by atoms with E-state index in [1.165, 1.54) is 6.42 Å². The Balaban J connectivity index is 1.92. The average molecular weight is 143 g/mol. The van der Waals surface area contributed by atoms with Gasteiger partial charge >= 0.3 is 0 Å². The van der Waals surface area contributed by atoms with Crippen molar-refractivity contribution in [2.75, 3.05) is 33.0 Å². The first-order valence-electron chi connectivity index (χ1n) is 3.82. The molecule has 2 fully saturated rings. The summed E-state index contributed by atoms with van der Waals surface area (Å²) in [7, 11) is 0. The third kappa shape index (κ3) is 1.05. The van der Waals surface area contributed by atoms with Crippen LogP contribution in [-0.4, -0.2) is 38.5 Å². The Morgan fingerprint density at radius 1 is 1.10 bits per heavy atom. The maximum absolute atomic E-state index is 5.36. The van der Waals surface area contributed by atoms with Crippen LogP contribution in [0.15, 0.2) is 0 Å². The van der Waals surface area contributed by atoms with Crippen molar-refractivity contribution in [1.82, 2.24) is 5.32 Å². The van der Waals surface area contributed by atoms with Gasteiger partial charge in [0.1, 0.15) is 0 Å². The zero-order valence-electron chi connectivity index (χ0n) is 6.06. The van der Waals surface area contributed by atoms with E-state index in [1.807, 2.05) is 0 Å². The van der Waals surface area contributed by atoms with Gasteiger partial charge in [0.05, 0.1) is 32.0 Å². The van der Waals surface area contributed by atoms with Gasteiger partial charge in [-0.1, -0.05) is 0 Å². The van der Waals surface area contributed by atoms with Gasteiger partial charge in [0, 0.05) is 0 Å². The normalized spacial score (nSPS) is 31.2. The summed E-state index contributed by atoms with van der Waals surface area (Å²) >= 11 is 0. The van der Waals surface area contributed by atoms with Gasteiger partial charge in [0.2, 0.25) is 0 Å². The Hall–Kier alpha value is -0.120. The van der Waals surface area contributed by atoms with Gasteiger partial charge in [0.25, 0.3) is 0 Å². The second-order valence-corrected chi connectivity index (χ2v) is 3.06. The molecule has 0 bridgehead atoms. The minimum Gasteiger partial charge on any atom is -0.377 e. The molecule has 0 aromatic heterocycles. The molecule has 2 aliphatic heterocycles. The van der Waals surface area contributed by atoms with Crippen LogP contribution in [0.5, 0.6) is 0 Å². The van der Waals surface area contributed by atoms with Crippen LogP contribution in [0.25, 0.3) is 0 Å². The third-order valence-electron chi connectivity index (χ3n) is 2.23. The van der Waals surface area contributed by atoms with Crippen molar-refractivity contribution in [2.45, 2.75) is 12.0 Å². The number of rotatable bonds is 0. The predicted molar refractivity (Wildman–Crippen MR) is 37.0 cm³/mol. The van der Waals surface area contributed by atoms with Crippen LogP contribution in [-0.2, 0) is 9.47 Å². The highest BCUT2D eigenvalue weighted by Gasteiger charge is 2.37. The van der Waals surface area contributed by atoms with Crippen molar-refractivity contribution in [3.63, 3.8) is 0 Å². The molecule has 0 amide bonds. The molecule has 0 saturated carbocycles. The van der Waals surface area contributed by atoms with Crippen LogP contribution in [0, 0.1) is 0 Å². The molecule has 0 unspecified atom stereocenters. The van der Waals surface area contributed by atoms with E-state index < -0.39 is 0 Å². The van der Waals surface area contributed by atoms with Crippen LogP contribution in [0.3, 0.4) is 0 Å². The summed E-state index contributed by atoms with van der Waals surface area (Å²) in [5.74, 6) is 0. The fourth-order valence-corrected chi connectivity index (χ4v) is 1.42. The summed E-state index contributed by atoms with van der Waals surface area (Å²) in [5, 5.41) is 3.35. The van der Waals surface area contributed by atoms with Crippen molar-refractivity contribution in [2.24, 2.45) is 0 Å². The van der Waals surface area contributed by atoms with Crippen molar-refractivity contribution >= 4 is 0 Å². The molecule has 2 rings (SSSR count). The number of hydrogen-bond donors (Lipinski definition) is 1. The van der Waals surface area contributed by atoms with Gasteiger partial charge in [-0.15, -0.1) is 0 Å². The molecule has 2 heterocycles. The Morgan fingerprint density at radius 2 is 1.70 bits per heavy atom.